The van der Waals surface area contributed by atoms with E-state index in [0.717, 1.165) is 23.1 Å². The minimum absolute atomic E-state index is 0.0171. The number of amides is 2. The number of carbonyl (C=O) groups is 3. The largest absolute Gasteiger partial charge is 0.507 e. The third kappa shape index (κ3) is 3.79. The van der Waals surface area contributed by atoms with Gasteiger partial charge in [-0.2, -0.15) is 0 Å². The van der Waals surface area contributed by atoms with E-state index in [4.69, 9.17) is 4.74 Å². The average Bonchev–Trinajstić information content (AvgIpc) is 2.82. The summed E-state index contributed by atoms with van der Waals surface area (Å²) < 4.78 is 4.80. The van der Waals surface area contributed by atoms with E-state index < -0.39 is 28.1 Å². The maximum absolute atomic E-state index is 12.4. The fraction of sp³-hybridized carbons (Fsp3) is 0.267. The van der Waals surface area contributed by atoms with Crippen LogP contribution >= 0.6 is 11.8 Å². The number of phenolic OH excluding ortho intramolecular Hbond substituents is 1. The molecule has 1 fully saturated rings. The number of benzene rings is 1. The molecule has 9 nitrogen and oxygen atoms in total. The second-order valence-corrected chi connectivity index (χ2v) is 5.97. The summed E-state index contributed by atoms with van der Waals surface area (Å²) >= 11 is 0.573. The molecule has 1 atom stereocenters. The van der Waals surface area contributed by atoms with Gasteiger partial charge < -0.3 is 9.84 Å². The molecule has 2 rings (SSSR count). The number of nitro benzene ring substituents is 1. The van der Waals surface area contributed by atoms with E-state index in [-0.39, 0.29) is 28.5 Å². The van der Waals surface area contributed by atoms with E-state index in [1.54, 1.807) is 6.92 Å². The van der Waals surface area contributed by atoms with Crippen LogP contribution in [0.1, 0.15) is 19.4 Å². The molecular formula is C15H14N2O7S. The number of imide groups is 1. The number of thioether (sulfide) groups is 1. The number of carbonyl (C=O) groups excluding carboxylic acids is 3. The topological polar surface area (TPSA) is 127 Å². The Balaban J connectivity index is 2.33. The van der Waals surface area contributed by atoms with E-state index >= 15 is 0 Å². The summed E-state index contributed by atoms with van der Waals surface area (Å²) in [6.45, 7) is 3.07. The van der Waals surface area contributed by atoms with Crippen LogP contribution in [0.15, 0.2) is 23.1 Å². The van der Waals surface area contributed by atoms with Crippen molar-refractivity contribution in [1.82, 2.24) is 4.90 Å². The molecule has 0 aromatic heterocycles. The van der Waals surface area contributed by atoms with Gasteiger partial charge >= 0.3 is 5.97 Å². The van der Waals surface area contributed by atoms with Crippen molar-refractivity contribution >= 4 is 40.6 Å². The van der Waals surface area contributed by atoms with E-state index in [1.165, 1.54) is 13.0 Å². The SMILES string of the molecule is CCOC(=O)[C@@H](C)N1C(=O)S/C(=C/c2cc([N+](=O)[O-])ccc2O)C1=O. The number of phenols is 1. The van der Waals surface area contributed by atoms with E-state index in [9.17, 15) is 29.6 Å². The van der Waals surface area contributed by atoms with Crippen molar-refractivity contribution in [2.75, 3.05) is 6.61 Å². The molecule has 2 amide bonds. The molecule has 10 heteroatoms. The second-order valence-electron chi connectivity index (χ2n) is 4.98. The molecule has 25 heavy (non-hydrogen) atoms. The predicted molar refractivity (Wildman–Crippen MR) is 88.7 cm³/mol. The molecule has 1 aliphatic heterocycles. The van der Waals surface area contributed by atoms with Crippen molar-refractivity contribution in [2.45, 2.75) is 19.9 Å². The number of hydrogen-bond donors (Lipinski definition) is 1. The Hall–Kier alpha value is -2.88. The Morgan fingerprint density at radius 3 is 2.76 bits per heavy atom. The fourth-order valence-electron chi connectivity index (χ4n) is 2.09. The third-order valence-electron chi connectivity index (χ3n) is 3.35. The first-order valence-corrected chi connectivity index (χ1v) is 7.99. The molecule has 0 unspecified atom stereocenters. The van der Waals surface area contributed by atoms with Crippen LogP contribution in [-0.4, -0.2) is 44.7 Å². The van der Waals surface area contributed by atoms with Gasteiger partial charge in [-0.25, -0.2) is 4.79 Å². The van der Waals surface area contributed by atoms with Crippen molar-refractivity contribution in [3.8, 4) is 5.75 Å². The molecule has 1 N–H and O–H groups in total. The van der Waals surface area contributed by atoms with Crippen LogP contribution in [0.5, 0.6) is 5.75 Å². The van der Waals surface area contributed by atoms with Crippen LogP contribution < -0.4 is 0 Å². The van der Waals surface area contributed by atoms with Crippen molar-refractivity contribution < 1.29 is 29.2 Å². The summed E-state index contributed by atoms with van der Waals surface area (Å²) in [5.74, 6) is -1.73. The van der Waals surface area contributed by atoms with Crippen molar-refractivity contribution in [3.63, 3.8) is 0 Å². The zero-order valence-electron chi connectivity index (χ0n) is 13.3. The molecular weight excluding hydrogens is 352 g/mol. The lowest BCUT2D eigenvalue weighted by Gasteiger charge is -2.19. The second kappa shape index (κ2) is 7.34. The van der Waals surface area contributed by atoms with E-state index in [2.05, 4.69) is 0 Å². The van der Waals surface area contributed by atoms with Crippen LogP contribution in [0.2, 0.25) is 0 Å². The van der Waals surface area contributed by atoms with E-state index in [0.29, 0.717) is 11.8 Å². The molecule has 1 aromatic carbocycles. The minimum Gasteiger partial charge on any atom is -0.507 e. The van der Waals surface area contributed by atoms with Gasteiger partial charge in [0.25, 0.3) is 16.8 Å². The lowest BCUT2D eigenvalue weighted by molar-refractivity contribution is -0.384. The van der Waals surface area contributed by atoms with Crippen molar-refractivity contribution in [2.24, 2.45) is 0 Å². The summed E-state index contributed by atoms with van der Waals surface area (Å²) in [6, 6.07) is 2.21. The van der Waals surface area contributed by atoms with Crippen molar-refractivity contribution in [3.05, 3.63) is 38.8 Å². The maximum atomic E-state index is 12.4. The Morgan fingerprint density at radius 2 is 2.16 bits per heavy atom. The van der Waals surface area contributed by atoms with Gasteiger partial charge in [-0.15, -0.1) is 0 Å². The summed E-state index contributed by atoms with van der Waals surface area (Å²) in [5, 5.41) is 20.0. The highest BCUT2D eigenvalue weighted by atomic mass is 32.2. The highest BCUT2D eigenvalue weighted by Gasteiger charge is 2.41. The standard InChI is InChI=1S/C15H14N2O7S/c1-3-24-14(20)8(2)16-13(19)12(25-15(16)21)7-9-6-10(17(22)23)4-5-11(9)18/h4-8,18H,3H2,1-2H3/b12-7+/t8-/m1/s1. The number of nitro groups is 1. The Morgan fingerprint density at radius 1 is 1.48 bits per heavy atom. The molecule has 0 aliphatic carbocycles. The lowest BCUT2D eigenvalue weighted by atomic mass is 10.1. The molecule has 0 radical (unpaired) electrons. The Kier molecular flexibility index (Phi) is 5.42. The smallest absolute Gasteiger partial charge is 0.329 e. The first-order chi connectivity index (χ1) is 11.8. The minimum atomic E-state index is -1.10. The fourth-order valence-corrected chi connectivity index (χ4v) is 2.99. The van der Waals surface area contributed by atoms with Crippen LogP contribution in [0, 0.1) is 10.1 Å². The van der Waals surface area contributed by atoms with Crippen molar-refractivity contribution in [1.29, 1.82) is 0 Å². The number of esters is 1. The average molecular weight is 366 g/mol. The molecule has 0 spiro atoms. The molecule has 1 saturated heterocycles. The van der Waals surface area contributed by atoms with E-state index in [1.807, 2.05) is 0 Å². The molecule has 0 bridgehead atoms. The van der Waals surface area contributed by atoms with Crippen LogP contribution in [0.4, 0.5) is 10.5 Å². The van der Waals surface area contributed by atoms with Gasteiger partial charge in [-0.05, 0) is 37.8 Å². The summed E-state index contributed by atoms with van der Waals surface area (Å²) in [6.07, 6.45) is 1.17. The quantitative estimate of drug-likeness (QED) is 0.364. The summed E-state index contributed by atoms with van der Waals surface area (Å²) in [7, 11) is 0. The first-order valence-electron chi connectivity index (χ1n) is 7.17. The van der Waals surface area contributed by atoms with Gasteiger partial charge in [-0.1, -0.05) is 0 Å². The number of ether oxygens (including phenoxy) is 1. The number of non-ortho nitro benzene ring substituents is 1. The number of aromatic hydroxyl groups is 1. The summed E-state index contributed by atoms with van der Waals surface area (Å²) in [5.41, 5.74) is -0.258. The molecule has 1 aromatic rings. The summed E-state index contributed by atoms with van der Waals surface area (Å²) in [4.78, 5) is 47.0. The van der Waals surface area contributed by atoms with Gasteiger partial charge in [0.05, 0.1) is 16.4 Å². The number of rotatable bonds is 5. The monoisotopic (exact) mass is 366 g/mol. The molecule has 0 saturated carbocycles. The lowest BCUT2D eigenvalue weighted by Crippen LogP contribution is -2.42. The van der Waals surface area contributed by atoms with Gasteiger partial charge in [0.1, 0.15) is 11.8 Å². The van der Waals surface area contributed by atoms with Crippen LogP contribution in [-0.2, 0) is 14.3 Å². The third-order valence-corrected chi connectivity index (χ3v) is 4.23. The Labute approximate surface area is 146 Å². The zero-order valence-corrected chi connectivity index (χ0v) is 14.1. The first kappa shape index (κ1) is 18.5. The van der Waals surface area contributed by atoms with Gasteiger partial charge in [0.15, 0.2) is 0 Å². The highest BCUT2D eigenvalue weighted by Crippen LogP contribution is 2.35. The zero-order chi connectivity index (χ0) is 18.7. The normalized spacial score (nSPS) is 17.0. The van der Waals surface area contributed by atoms with Gasteiger partial charge in [0.2, 0.25) is 0 Å². The molecule has 132 valence electrons. The highest BCUT2D eigenvalue weighted by molar-refractivity contribution is 8.18. The Bertz CT molecular complexity index is 790. The van der Waals surface area contributed by atoms with Gasteiger partial charge in [0, 0.05) is 17.7 Å². The number of nitrogens with zero attached hydrogens (tertiary/aromatic N) is 2. The maximum Gasteiger partial charge on any atom is 0.329 e. The van der Waals surface area contributed by atoms with Crippen LogP contribution in [0.25, 0.3) is 6.08 Å². The van der Waals surface area contributed by atoms with Crippen LogP contribution in [0.3, 0.4) is 0 Å². The number of hydrogen-bond acceptors (Lipinski definition) is 8. The predicted octanol–water partition coefficient (Wildman–Crippen LogP) is 2.29. The molecule has 1 aliphatic rings. The van der Waals surface area contributed by atoms with Gasteiger partial charge in [-0.3, -0.25) is 24.6 Å². The molecule has 1 heterocycles.